The van der Waals surface area contributed by atoms with Crippen LogP contribution in [0.5, 0.6) is 0 Å². The van der Waals surface area contributed by atoms with Crippen molar-refractivity contribution in [3.05, 3.63) is 76.6 Å². The predicted molar refractivity (Wildman–Crippen MR) is 115 cm³/mol. The highest BCUT2D eigenvalue weighted by atomic mass is 16.6. The van der Waals surface area contributed by atoms with E-state index in [0.717, 1.165) is 18.8 Å². The van der Waals surface area contributed by atoms with Gasteiger partial charge in [0.15, 0.2) is 0 Å². The molecule has 1 aliphatic heterocycles. The fraction of sp³-hybridized carbons (Fsp3) is 0.273. The lowest BCUT2D eigenvalue weighted by molar-refractivity contribution is -0.384. The first-order valence-corrected chi connectivity index (χ1v) is 10.1. The zero-order chi connectivity index (χ0) is 20.9. The third kappa shape index (κ3) is 4.48. The largest absolute Gasteiger partial charge is 0.372 e. The minimum Gasteiger partial charge on any atom is -0.372 e. The summed E-state index contributed by atoms with van der Waals surface area (Å²) in [5.74, 6) is -0.259. The third-order valence-corrected chi connectivity index (χ3v) is 5.27. The molecule has 1 aromatic heterocycles. The number of nitrogens with zero attached hydrogens (tertiary/aromatic N) is 4. The fourth-order valence-corrected chi connectivity index (χ4v) is 3.60. The van der Waals surface area contributed by atoms with Gasteiger partial charge in [0.05, 0.1) is 22.4 Å². The van der Waals surface area contributed by atoms with E-state index >= 15 is 0 Å². The number of benzene rings is 2. The van der Waals surface area contributed by atoms with E-state index < -0.39 is 4.92 Å². The molecule has 0 aliphatic carbocycles. The van der Waals surface area contributed by atoms with E-state index in [9.17, 15) is 14.9 Å². The van der Waals surface area contributed by atoms with E-state index in [1.165, 1.54) is 54.4 Å². The number of anilines is 2. The zero-order valence-electron chi connectivity index (χ0n) is 16.5. The molecule has 1 amide bonds. The number of non-ortho nitro benzene ring substituents is 1. The van der Waals surface area contributed by atoms with Crippen LogP contribution in [0.25, 0.3) is 5.69 Å². The maximum absolute atomic E-state index is 12.6. The van der Waals surface area contributed by atoms with Crippen LogP contribution in [0.15, 0.2) is 60.9 Å². The molecule has 0 unspecified atom stereocenters. The second-order valence-electron chi connectivity index (χ2n) is 7.35. The van der Waals surface area contributed by atoms with E-state index in [4.69, 9.17) is 0 Å². The zero-order valence-corrected chi connectivity index (χ0v) is 16.5. The molecule has 1 aliphatic rings. The van der Waals surface area contributed by atoms with Crippen LogP contribution in [0, 0.1) is 10.1 Å². The minimum absolute atomic E-state index is 0.00694. The number of hydrogen-bond acceptors (Lipinski definition) is 5. The minimum atomic E-state index is -0.455. The van der Waals surface area contributed by atoms with Crippen LogP contribution >= 0.6 is 0 Å². The molecule has 0 spiro atoms. The normalized spacial score (nSPS) is 14.2. The standard InChI is InChI=1S/C22H23N5O3/c28-22(17-15-23-26(16-17)20-9-11-21(12-10-20)27(29)30)24-18-5-7-19(8-6-18)25-13-3-1-2-4-14-25/h5-12,15-16H,1-4,13-14H2,(H,24,28). The average molecular weight is 405 g/mol. The summed E-state index contributed by atoms with van der Waals surface area (Å²) in [7, 11) is 0. The van der Waals surface area contributed by atoms with Crippen molar-refractivity contribution < 1.29 is 9.72 Å². The number of rotatable bonds is 5. The summed E-state index contributed by atoms with van der Waals surface area (Å²) in [6, 6.07) is 13.9. The number of nitro groups is 1. The Balaban J connectivity index is 1.41. The molecule has 0 atom stereocenters. The van der Waals surface area contributed by atoms with Gasteiger partial charge in [0.1, 0.15) is 0 Å². The van der Waals surface area contributed by atoms with Gasteiger partial charge in [-0.15, -0.1) is 0 Å². The summed E-state index contributed by atoms with van der Waals surface area (Å²) in [5.41, 5.74) is 2.96. The van der Waals surface area contributed by atoms with E-state index in [-0.39, 0.29) is 11.6 Å². The molecule has 8 heteroatoms. The summed E-state index contributed by atoms with van der Waals surface area (Å²) in [4.78, 5) is 25.3. The van der Waals surface area contributed by atoms with E-state index in [2.05, 4.69) is 15.3 Å². The molecule has 1 fully saturated rings. The molecule has 0 bridgehead atoms. The molecule has 2 heterocycles. The second-order valence-corrected chi connectivity index (χ2v) is 7.35. The Morgan fingerprint density at radius 1 is 0.933 bits per heavy atom. The highest BCUT2D eigenvalue weighted by Gasteiger charge is 2.13. The quantitative estimate of drug-likeness (QED) is 0.501. The predicted octanol–water partition coefficient (Wildman–Crippen LogP) is 4.41. The molecular formula is C22H23N5O3. The lowest BCUT2D eigenvalue weighted by Gasteiger charge is -2.22. The fourth-order valence-electron chi connectivity index (χ4n) is 3.60. The van der Waals surface area contributed by atoms with Crippen LogP contribution in [0.1, 0.15) is 36.0 Å². The number of aromatic nitrogens is 2. The molecular weight excluding hydrogens is 382 g/mol. The van der Waals surface area contributed by atoms with Crippen molar-refractivity contribution in [3.63, 3.8) is 0 Å². The smallest absolute Gasteiger partial charge is 0.269 e. The number of carbonyl (C=O) groups excluding carboxylic acids is 1. The van der Waals surface area contributed by atoms with Crippen molar-refractivity contribution in [1.82, 2.24) is 9.78 Å². The van der Waals surface area contributed by atoms with Gasteiger partial charge in [0.25, 0.3) is 11.6 Å². The molecule has 1 saturated heterocycles. The van der Waals surface area contributed by atoms with Gasteiger partial charge in [-0.05, 0) is 49.2 Å². The van der Waals surface area contributed by atoms with Crippen molar-refractivity contribution >= 4 is 23.0 Å². The Bertz CT molecular complexity index is 1020. The van der Waals surface area contributed by atoms with Gasteiger partial charge < -0.3 is 10.2 Å². The Hall–Kier alpha value is -3.68. The van der Waals surface area contributed by atoms with Gasteiger partial charge in [-0.2, -0.15) is 5.10 Å². The average Bonchev–Trinajstić information content (AvgIpc) is 3.10. The maximum atomic E-state index is 12.6. The Morgan fingerprint density at radius 3 is 2.20 bits per heavy atom. The molecule has 154 valence electrons. The van der Waals surface area contributed by atoms with Gasteiger partial charge in [-0.25, -0.2) is 4.68 Å². The summed E-state index contributed by atoms with van der Waals surface area (Å²) in [5, 5.41) is 17.8. The number of carbonyl (C=O) groups is 1. The monoisotopic (exact) mass is 405 g/mol. The topological polar surface area (TPSA) is 93.3 Å². The highest BCUT2D eigenvalue weighted by molar-refractivity contribution is 6.04. The Kier molecular flexibility index (Phi) is 5.74. The van der Waals surface area contributed by atoms with Gasteiger partial charge in [0.2, 0.25) is 0 Å². The molecule has 8 nitrogen and oxygen atoms in total. The van der Waals surface area contributed by atoms with Gasteiger partial charge in [0, 0.05) is 42.8 Å². The molecule has 0 radical (unpaired) electrons. The number of amides is 1. The summed E-state index contributed by atoms with van der Waals surface area (Å²) in [6.07, 6.45) is 8.09. The summed E-state index contributed by atoms with van der Waals surface area (Å²) in [6.45, 7) is 2.15. The molecule has 0 saturated carbocycles. The van der Waals surface area contributed by atoms with Crippen LogP contribution in [0.2, 0.25) is 0 Å². The maximum Gasteiger partial charge on any atom is 0.269 e. The molecule has 30 heavy (non-hydrogen) atoms. The Labute approximate surface area is 174 Å². The van der Waals surface area contributed by atoms with Gasteiger partial charge in [-0.3, -0.25) is 14.9 Å². The highest BCUT2D eigenvalue weighted by Crippen LogP contribution is 2.22. The number of nitrogens with one attached hydrogen (secondary N) is 1. The van der Waals surface area contributed by atoms with Gasteiger partial charge >= 0.3 is 0 Å². The number of nitro benzene ring substituents is 1. The Morgan fingerprint density at radius 2 is 1.57 bits per heavy atom. The van der Waals surface area contributed by atoms with E-state index in [0.29, 0.717) is 11.3 Å². The first-order valence-electron chi connectivity index (χ1n) is 10.1. The summed E-state index contributed by atoms with van der Waals surface area (Å²) < 4.78 is 1.51. The van der Waals surface area contributed by atoms with Crippen molar-refractivity contribution in [1.29, 1.82) is 0 Å². The number of hydrogen-bond donors (Lipinski definition) is 1. The van der Waals surface area contributed by atoms with Crippen molar-refractivity contribution in [2.24, 2.45) is 0 Å². The third-order valence-electron chi connectivity index (χ3n) is 5.27. The van der Waals surface area contributed by atoms with E-state index in [1.54, 1.807) is 18.3 Å². The second kappa shape index (κ2) is 8.77. The van der Waals surface area contributed by atoms with Crippen LogP contribution in [-0.4, -0.2) is 33.7 Å². The first kappa shape index (κ1) is 19.6. The molecule has 3 aromatic rings. The lowest BCUT2D eigenvalue weighted by Crippen LogP contribution is -2.23. The lowest BCUT2D eigenvalue weighted by atomic mass is 10.2. The first-order chi connectivity index (χ1) is 14.6. The van der Waals surface area contributed by atoms with Gasteiger partial charge in [-0.1, -0.05) is 12.8 Å². The van der Waals surface area contributed by atoms with Crippen LogP contribution in [0.3, 0.4) is 0 Å². The van der Waals surface area contributed by atoms with Crippen molar-refractivity contribution in [3.8, 4) is 5.69 Å². The van der Waals surface area contributed by atoms with Crippen LogP contribution < -0.4 is 10.2 Å². The SMILES string of the molecule is O=C(Nc1ccc(N2CCCCCC2)cc1)c1cnn(-c2ccc([N+](=O)[O-])cc2)c1. The van der Waals surface area contributed by atoms with Crippen LogP contribution in [-0.2, 0) is 0 Å². The summed E-state index contributed by atoms with van der Waals surface area (Å²) >= 11 is 0. The van der Waals surface area contributed by atoms with Crippen molar-refractivity contribution in [2.45, 2.75) is 25.7 Å². The van der Waals surface area contributed by atoms with E-state index in [1.807, 2.05) is 24.3 Å². The van der Waals surface area contributed by atoms with Crippen LogP contribution in [0.4, 0.5) is 17.1 Å². The molecule has 1 N–H and O–H groups in total. The van der Waals surface area contributed by atoms with Crippen molar-refractivity contribution in [2.75, 3.05) is 23.3 Å². The molecule has 2 aromatic carbocycles. The molecule has 4 rings (SSSR count).